The Balaban J connectivity index is 1.77. The molecule has 4 heteroatoms. The zero-order chi connectivity index (χ0) is 13.0. The second kappa shape index (κ2) is 6.64. The van der Waals surface area contributed by atoms with Crippen LogP contribution in [0.4, 0.5) is 4.39 Å². The van der Waals surface area contributed by atoms with Gasteiger partial charge in [0.25, 0.3) is 0 Å². The van der Waals surface area contributed by atoms with Gasteiger partial charge in [0, 0.05) is 11.0 Å². The van der Waals surface area contributed by atoms with Crippen molar-refractivity contribution in [3.05, 3.63) is 34.1 Å². The lowest BCUT2D eigenvalue weighted by molar-refractivity contribution is 0.101. The van der Waals surface area contributed by atoms with E-state index in [1.54, 1.807) is 6.07 Å². The van der Waals surface area contributed by atoms with Gasteiger partial charge in [0.2, 0.25) is 0 Å². The number of hydrogen-bond acceptors (Lipinski definition) is 2. The molecule has 0 saturated heterocycles. The van der Waals surface area contributed by atoms with Crippen LogP contribution in [0.15, 0.2) is 22.7 Å². The fraction of sp³-hybridized carbons (Fsp3) is 0.571. The Bertz CT molecular complexity index is 379. The molecule has 0 spiro atoms. The normalized spacial score (nSPS) is 24.2. The number of halogens is 2. The molecule has 0 aliphatic heterocycles. The summed E-state index contributed by atoms with van der Waals surface area (Å²) in [4.78, 5) is 0. The van der Waals surface area contributed by atoms with Gasteiger partial charge in [-0.05, 0) is 55.5 Å². The highest BCUT2D eigenvalue weighted by molar-refractivity contribution is 9.10. The molecule has 1 aromatic rings. The van der Waals surface area contributed by atoms with Crippen molar-refractivity contribution in [3.63, 3.8) is 0 Å². The smallest absolute Gasteiger partial charge is 0.124 e. The number of nitrogens with one attached hydrogen (secondary N) is 1. The van der Waals surface area contributed by atoms with Gasteiger partial charge >= 0.3 is 0 Å². The maximum absolute atomic E-state index is 13.2. The number of rotatable bonds is 4. The molecular weight excluding hydrogens is 297 g/mol. The van der Waals surface area contributed by atoms with Crippen LogP contribution in [0, 0.1) is 11.7 Å². The molecule has 1 aliphatic carbocycles. The van der Waals surface area contributed by atoms with E-state index in [2.05, 4.69) is 21.2 Å². The SMILES string of the molecule is OC1CCCC(CNCc2cc(F)cc(Br)c2)C1. The van der Waals surface area contributed by atoms with E-state index < -0.39 is 0 Å². The van der Waals surface area contributed by atoms with Gasteiger partial charge in [-0.3, -0.25) is 0 Å². The number of aliphatic hydroxyl groups is 1. The topological polar surface area (TPSA) is 32.3 Å². The summed E-state index contributed by atoms with van der Waals surface area (Å²) < 4.78 is 13.9. The van der Waals surface area contributed by atoms with Crippen molar-refractivity contribution in [2.24, 2.45) is 5.92 Å². The van der Waals surface area contributed by atoms with Crippen LogP contribution in [0.2, 0.25) is 0 Å². The zero-order valence-corrected chi connectivity index (χ0v) is 11.9. The van der Waals surface area contributed by atoms with Crippen molar-refractivity contribution in [2.45, 2.75) is 38.3 Å². The van der Waals surface area contributed by atoms with Crippen molar-refractivity contribution in [3.8, 4) is 0 Å². The molecule has 1 fully saturated rings. The van der Waals surface area contributed by atoms with Crippen LogP contribution in [-0.4, -0.2) is 17.8 Å². The van der Waals surface area contributed by atoms with Gasteiger partial charge < -0.3 is 10.4 Å². The Hall–Kier alpha value is -0.450. The second-order valence-electron chi connectivity index (χ2n) is 5.10. The predicted molar refractivity (Wildman–Crippen MR) is 73.8 cm³/mol. The van der Waals surface area contributed by atoms with Gasteiger partial charge in [0.1, 0.15) is 5.82 Å². The fourth-order valence-corrected chi connectivity index (χ4v) is 3.09. The molecule has 2 rings (SSSR count). The van der Waals surface area contributed by atoms with Gasteiger partial charge in [0.05, 0.1) is 6.10 Å². The Morgan fingerprint density at radius 2 is 2.17 bits per heavy atom. The van der Waals surface area contributed by atoms with E-state index in [4.69, 9.17) is 0 Å². The van der Waals surface area contributed by atoms with Gasteiger partial charge in [-0.2, -0.15) is 0 Å². The standard InChI is InChI=1S/C14H19BrFNO/c15-12-4-11(5-13(16)7-12)9-17-8-10-2-1-3-14(18)6-10/h4-5,7,10,14,17-18H,1-3,6,8-9H2. The molecule has 2 atom stereocenters. The summed E-state index contributed by atoms with van der Waals surface area (Å²) in [6.45, 7) is 1.56. The number of aliphatic hydroxyl groups excluding tert-OH is 1. The third-order valence-corrected chi connectivity index (χ3v) is 3.90. The summed E-state index contributed by atoms with van der Waals surface area (Å²) in [6.07, 6.45) is 3.98. The maximum atomic E-state index is 13.2. The first kappa shape index (κ1) is 14.0. The van der Waals surface area contributed by atoms with E-state index in [1.165, 1.54) is 12.5 Å². The van der Waals surface area contributed by atoms with E-state index >= 15 is 0 Å². The van der Waals surface area contributed by atoms with Gasteiger partial charge in [0.15, 0.2) is 0 Å². The first-order valence-corrected chi connectivity index (χ1v) is 7.26. The van der Waals surface area contributed by atoms with Crippen molar-refractivity contribution in [1.82, 2.24) is 5.32 Å². The highest BCUT2D eigenvalue weighted by Gasteiger charge is 2.19. The van der Waals surface area contributed by atoms with Gasteiger partial charge in [-0.15, -0.1) is 0 Å². The quantitative estimate of drug-likeness (QED) is 0.894. The van der Waals surface area contributed by atoms with E-state index in [0.717, 1.165) is 35.8 Å². The van der Waals surface area contributed by atoms with Crippen LogP contribution in [0.3, 0.4) is 0 Å². The van der Waals surface area contributed by atoms with Crippen molar-refractivity contribution >= 4 is 15.9 Å². The zero-order valence-electron chi connectivity index (χ0n) is 10.3. The molecule has 0 radical (unpaired) electrons. The molecule has 2 N–H and O–H groups in total. The maximum Gasteiger partial charge on any atom is 0.124 e. The average molecular weight is 316 g/mol. The Morgan fingerprint density at radius 3 is 2.89 bits per heavy atom. The monoisotopic (exact) mass is 315 g/mol. The van der Waals surface area contributed by atoms with E-state index in [9.17, 15) is 9.50 Å². The second-order valence-corrected chi connectivity index (χ2v) is 6.01. The van der Waals surface area contributed by atoms with Crippen molar-refractivity contribution < 1.29 is 9.50 Å². The van der Waals surface area contributed by atoms with E-state index in [1.807, 2.05) is 6.07 Å². The molecule has 0 bridgehead atoms. The molecule has 1 saturated carbocycles. The molecule has 2 unspecified atom stereocenters. The molecule has 1 aromatic carbocycles. The first-order chi connectivity index (χ1) is 8.63. The summed E-state index contributed by atoms with van der Waals surface area (Å²) in [6, 6.07) is 4.93. The lowest BCUT2D eigenvalue weighted by Gasteiger charge is -2.26. The molecule has 1 aliphatic rings. The largest absolute Gasteiger partial charge is 0.393 e. The average Bonchev–Trinajstić information content (AvgIpc) is 2.27. The van der Waals surface area contributed by atoms with Crippen LogP contribution in [0.25, 0.3) is 0 Å². The molecule has 0 heterocycles. The molecular formula is C14H19BrFNO. The highest BCUT2D eigenvalue weighted by atomic mass is 79.9. The van der Waals surface area contributed by atoms with Crippen LogP contribution in [-0.2, 0) is 6.54 Å². The number of benzene rings is 1. The first-order valence-electron chi connectivity index (χ1n) is 6.47. The summed E-state index contributed by atoms with van der Waals surface area (Å²) in [5.74, 6) is 0.333. The minimum atomic E-state index is -0.214. The Labute approximate surface area is 116 Å². The van der Waals surface area contributed by atoms with E-state index in [0.29, 0.717) is 12.5 Å². The third-order valence-electron chi connectivity index (χ3n) is 3.44. The van der Waals surface area contributed by atoms with Crippen LogP contribution < -0.4 is 5.32 Å². The number of hydrogen-bond donors (Lipinski definition) is 2. The predicted octanol–water partition coefficient (Wildman–Crippen LogP) is 3.23. The van der Waals surface area contributed by atoms with Crippen LogP contribution in [0.5, 0.6) is 0 Å². The third kappa shape index (κ3) is 4.34. The van der Waals surface area contributed by atoms with Gasteiger partial charge in [-0.25, -0.2) is 4.39 Å². The van der Waals surface area contributed by atoms with Crippen molar-refractivity contribution in [1.29, 1.82) is 0 Å². The molecule has 0 aromatic heterocycles. The lowest BCUT2D eigenvalue weighted by Crippen LogP contribution is -2.28. The van der Waals surface area contributed by atoms with Crippen LogP contribution in [0.1, 0.15) is 31.2 Å². The molecule has 0 amide bonds. The van der Waals surface area contributed by atoms with E-state index in [-0.39, 0.29) is 11.9 Å². The summed E-state index contributed by atoms with van der Waals surface area (Å²) >= 11 is 3.29. The molecule has 2 nitrogen and oxygen atoms in total. The summed E-state index contributed by atoms with van der Waals surface area (Å²) in [5, 5.41) is 12.9. The minimum Gasteiger partial charge on any atom is -0.393 e. The summed E-state index contributed by atoms with van der Waals surface area (Å²) in [7, 11) is 0. The van der Waals surface area contributed by atoms with Crippen molar-refractivity contribution in [2.75, 3.05) is 6.54 Å². The molecule has 100 valence electrons. The fourth-order valence-electron chi connectivity index (χ4n) is 2.58. The Kier molecular flexibility index (Phi) is 5.15. The Morgan fingerprint density at radius 1 is 1.33 bits per heavy atom. The lowest BCUT2D eigenvalue weighted by atomic mass is 9.87. The highest BCUT2D eigenvalue weighted by Crippen LogP contribution is 2.23. The summed E-state index contributed by atoms with van der Waals surface area (Å²) in [5.41, 5.74) is 0.943. The minimum absolute atomic E-state index is 0.131. The molecule has 18 heavy (non-hydrogen) atoms. The van der Waals surface area contributed by atoms with Gasteiger partial charge in [-0.1, -0.05) is 22.4 Å². The van der Waals surface area contributed by atoms with Crippen LogP contribution >= 0.6 is 15.9 Å².